The van der Waals surface area contributed by atoms with Gasteiger partial charge in [0.1, 0.15) is 0 Å². The number of carboxylic acids is 1. The molecule has 0 spiro atoms. The first kappa shape index (κ1) is 14.4. The lowest BCUT2D eigenvalue weighted by molar-refractivity contribution is -0.145. The van der Waals surface area contributed by atoms with Gasteiger partial charge in [0.05, 0.1) is 21.8 Å². The van der Waals surface area contributed by atoms with Gasteiger partial charge < -0.3 is 9.63 Å². The van der Waals surface area contributed by atoms with E-state index < -0.39 is 17.9 Å². The molecule has 70 valence electrons. The topological polar surface area (TPSA) is 63.6 Å². The number of hydrogen-bond donors (Lipinski definition) is 1. The van der Waals surface area contributed by atoms with E-state index in [1.165, 1.54) is 0 Å². The van der Waals surface area contributed by atoms with Gasteiger partial charge in [-0.3, -0.25) is 9.59 Å². The number of carbonyl (C=O) groups excluding carboxylic acids is 1. The highest BCUT2D eigenvalue weighted by Gasteiger charge is 2.19. The molecule has 0 aliphatic heterocycles. The van der Waals surface area contributed by atoms with Crippen LogP contribution in [0.5, 0.6) is 0 Å². The average Bonchev–Trinajstić information content (AvgIpc) is 1.98. The molecule has 12 heavy (non-hydrogen) atoms. The molecule has 0 aromatic rings. The third-order valence-corrected chi connectivity index (χ3v) is 1.60. The van der Waals surface area contributed by atoms with Crippen LogP contribution in [0.3, 0.4) is 0 Å². The Morgan fingerprint density at radius 1 is 1.58 bits per heavy atom. The van der Waals surface area contributed by atoms with E-state index in [0.717, 1.165) is 0 Å². The summed E-state index contributed by atoms with van der Waals surface area (Å²) in [5, 5.41) is 8.34. The predicted molar refractivity (Wildman–Crippen MR) is 51.8 cm³/mol. The lowest BCUT2D eigenvalue weighted by atomic mass is 10.0. The van der Waals surface area contributed by atoms with Crippen molar-refractivity contribution in [3.8, 4) is 0 Å². The fourth-order valence-electron chi connectivity index (χ4n) is 0.701. The molecule has 0 radical (unpaired) electrons. The van der Waals surface area contributed by atoms with E-state index in [1.807, 2.05) is 9.47 Å². The summed E-state index contributed by atoms with van der Waals surface area (Å²) in [4.78, 5) is 20.9. The van der Waals surface area contributed by atoms with Crippen molar-refractivity contribution in [2.75, 3.05) is 0 Å². The molecular weight excluding hydrogens is 194 g/mol. The van der Waals surface area contributed by atoms with E-state index in [9.17, 15) is 9.59 Å². The number of carboxylic acid groups (broad SMARTS) is 1. The molecule has 1 N–H and O–H groups in total. The van der Waals surface area contributed by atoms with Gasteiger partial charge in [-0.1, -0.05) is 6.92 Å². The summed E-state index contributed by atoms with van der Waals surface area (Å²) < 4.78 is 4.32. The van der Waals surface area contributed by atoms with Gasteiger partial charge in [0.15, 0.2) is 17.4 Å². The van der Waals surface area contributed by atoms with Gasteiger partial charge in [0, 0.05) is 0 Å². The summed E-state index contributed by atoms with van der Waals surface area (Å²) in [5.74, 6) is -1.99. The summed E-state index contributed by atoms with van der Waals surface area (Å²) in [6.45, 7) is 1.75. The minimum Gasteiger partial charge on any atom is -0.481 e. The van der Waals surface area contributed by atoms with Crippen molar-refractivity contribution in [3.05, 3.63) is 0 Å². The molecule has 0 aliphatic carbocycles. The second kappa shape index (κ2) is 7.55. The largest absolute Gasteiger partial charge is 0.481 e. The maximum Gasteiger partial charge on any atom is 0.311 e. The Morgan fingerprint density at radius 3 is 2.33 bits per heavy atom. The lowest BCUT2D eigenvalue weighted by Crippen LogP contribution is -2.17. The molecule has 2 atom stereocenters. The Bertz CT molecular complexity index is 162. The smallest absolute Gasteiger partial charge is 0.311 e. The summed E-state index contributed by atoms with van der Waals surface area (Å²) in [5.41, 5.74) is 0. The monoisotopic (exact) mass is 208 g/mol. The van der Waals surface area contributed by atoms with E-state index in [-0.39, 0.29) is 23.8 Å². The van der Waals surface area contributed by atoms with Gasteiger partial charge in [-0.2, -0.15) is 0 Å². The van der Waals surface area contributed by atoms with Crippen LogP contribution >= 0.6 is 9.47 Å². The molecule has 0 rings (SSSR count). The van der Waals surface area contributed by atoms with Gasteiger partial charge >= 0.3 is 11.9 Å². The molecule has 0 saturated heterocycles. The highest BCUT2D eigenvalue weighted by Crippen LogP contribution is 2.11. The Morgan fingerprint density at radius 2 is 2.08 bits per heavy atom. The number of rotatable bonds is 4. The van der Waals surface area contributed by atoms with Gasteiger partial charge in [0.2, 0.25) is 0 Å². The molecule has 0 fully saturated rings. The number of aliphatic carboxylic acids is 1. The van der Waals surface area contributed by atoms with Crippen molar-refractivity contribution in [2.45, 2.75) is 19.8 Å². The molecule has 0 heterocycles. The maximum absolute atomic E-state index is 10.8. The quantitative estimate of drug-likeness (QED) is 0.506. The standard InChI is InChI=1S/C6H11O4P.Al.3H/c1-2-4(3-5(7)8)6(9)10-11;;;;/h4H,2-3,11H2,1H3,(H,7,8);;;;. The molecule has 0 aliphatic rings. The van der Waals surface area contributed by atoms with Crippen LogP contribution in [0.1, 0.15) is 19.8 Å². The molecule has 6 heteroatoms. The molecule has 0 bridgehead atoms. The van der Waals surface area contributed by atoms with Crippen molar-refractivity contribution >= 4 is 38.8 Å². The summed E-state index contributed by atoms with van der Waals surface area (Å²) in [6, 6.07) is 0. The highest BCUT2D eigenvalue weighted by molar-refractivity contribution is 7.10. The Kier molecular flexibility index (Phi) is 9.07. The van der Waals surface area contributed by atoms with E-state index in [0.29, 0.717) is 6.42 Å². The van der Waals surface area contributed by atoms with Crippen LogP contribution in [0.15, 0.2) is 0 Å². The van der Waals surface area contributed by atoms with Crippen molar-refractivity contribution in [2.24, 2.45) is 5.92 Å². The van der Waals surface area contributed by atoms with Crippen LogP contribution in [0, 0.1) is 5.92 Å². The van der Waals surface area contributed by atoms with E-state index >= 15 is 0 Å². The van der Waals surface area contributed by atoms with E-state index in [1.54, 1.807) is 6.92 Å². The van der Waals surface area contributed by atoms with Crippen molar-refractivity contribution < 1.29 is 19.2 Å². The van der Waals surface area contributed by atoms with Crippen molar-refractivity contribution in [3.63, 3.8) is 0 Å². The lowest BCUT2D eigenvalue weighted by Gasteiger charge is -2.07. The summed E-state index contributed by atoms with van der Waals surface area (Å²) in [6.07, 6.45) is 0.323. The summed E-state index contributed by atoms with van der Waals surface area (Å²) >= 11 is 0. The normalized spacial score (nSPS) is 11.2. The highest BCUT2D eigenvalue weighted by atomic mass is 31.0. The van der Waals surface area contributed by atoms with Crippen LogP contribution in [0.4, 0.5) is 0 Å². The SMILES string of the molecule is CCC(CC(=O)O)C(=O)OP.[AlH3]. The molecule has 4 nitrogen and oxygen atoms in total. The van der Waals surface area contributed by atoms with Gasteiger partial charge in [-0.15, -0.1) is 0 Å². The van der Waals surface area contributed by atoms with Crippen LogP contribution in [-0.2, 0) is 14.1 Å². The second-order valence-corrected chi connectivity index (χ2v) is 2.38. The van der Waals surface area contributed by atoms with E-state index in [4.69, 9.17) is 5.11 Å². The third-order valence-electron chi connectivity index (χ3n) is 1.36. The average molecular weight is 208 g/mol. The Hall–Kier alpha value is -0.0975. The molecule has 0 aromatic heterocycles. The molecule has 0 amide bonds. The van der Waals surface area contributed by atoms with Crippen molar-refractivity contribution in [1.82, 2.24) is 0 Å². The Labute approximate surface area is 84.1 Å². The fourth-order valence-corrected chi connectivity index (χ4v) is 0.894. The number of carbonyl (C=O) groups is 2. The zero-order chi connectivity index (χ0) is 8.85. The summed E-state index contributed by atoms with van der Waals surface area (Å²) in [7, 11) is 1.81. The van der Waals surface area contributed by atoms with Crippen LogP contribution in [0.25, 0.3) is 0 Å². The van der Waals surface area contributed by atoms with Gasteiger partial charge in [-0.05, 0) is 6.42 Å². The molecule has 0 saturated carbocycles. The van der Waals surface area contributed by atoms with Crippen LogP contribution < -0.4 is 0 Å². The second-order valence-electron chi connectivity index (χ2n) is 2.14. The van der Waals surface area contributed by atoms with Gasteiger partial charge in [0.25, 0.3) is 0 Å². The third kappa shape index (κ3) is 5.54. The predicted octanol–water partition coefficient (Wildman–Crippen LogP) is -0.363. The first-order valence-corrected chi connectivity index (χ1v) is 3.71. The maximum atomic E-state index is 10.8. The zero-order valence-corrected chi connectivity index (χ0v) is 7.40. The fraction of sp³-hybridized carbons (Fsp3) is 0.667. The Balaban J connectivity index is 0. The first-order chi connectivity index (χ1) is 5.11. The van der Waals surface area contributed by atoms with Crippen LogP contribution in [-0.4, -0.2) is 34.4 Å². The molecular formula is C6H14AlO4P. The first-order valence-electron chi connectivity index (χ1n) is 3.24. The molecule has 2 unspecified atom stereocenters. The minimum atomic E-state index is -0.979. The van der Waals surface area contributed by atoms with Gasteiger partial charge in [-0.25, -0.2) is 0 Å². The molecule has 0 aromatic carbocycles. The van der Waals surface area contributed by atoms with Crippen LogP contribution in [0.2, 0.25) is 0 Å². The minimum absolute atomic E-state index is 0. The number of hydrogen-bond acceptors (Lipinski definition) is 3. The van der Waals surface area contributed by atoms with Crippen molar-refractivity contribution in [1.29, 1.82) is 0 Å². The zero-order valence-electron chi connectivity index (χ0n) is 6.24. The van der Waals surface area contributed by atoms with E-state index in [2.05, 4.69) is 4.52 Å².